The van der Waals surface area contributed by atoms with Crippen molar-refractivity contribution < 1.29 is 36.3 Å². The van der Waals surface area contributed by atoms with Crippen molar-refractivity contribution in [2.45, 2.75) is 55.1 Å². The number of carbonyl (C=O) groups is 3. The average Bonchev–Trinajstić information content (AvgIpc) is 3.69. The number of benzene rings is 2. The SMILES string of the molecule is CCOC(=O)[C@H](Cc1ccc(NC(=O)c2c(Cl)cncc2Cl)cc1)NC(=O)[C@@H]1CC(N2CCC(F)(F)C2)CN1S(=O)(=O)c1cccc(C#N)c1. The van der Waals surface area contributed by atoms with Gasteiger partial charge in [0.2, 0.25) is 15.9 Å². The molecule has 1 aromatic heterocycles. The third-order valence-corrected chi connectivity index (χ3v) is 10.9. The van der Waals surface area contributed by atoms with Crippen LogP contribution in [0.5, 0.6) is 0 Å². The van der Waals surface area contributed by atoms with E-state index in [0.29, 0.717) is 11.3 Å². The number of likely N-dealkylation sites (tertiary alicyclic amines) is 1. The molecule has 1 unspecified atom stereocenters. The van der Waals surface area contributed by atoms with Crippen LogP contribution >= 0.6 is 23.2 Å². The largest absolute Gasteiger partial charge is 0.464 e. The summed E-state index contributed by atoms with van der Waals surface area (Å²) in [6.07, 6.45) is 2.01. The van der Waals surface area contributed by atoms with Gasteiger partial charge in [-0.3, -0.25) is 19.5 Å². The number of amides is 2. The molecule has 2 aromatic carbocycles. The minimum Gasteiger partial charge on any atom is -0.464 e. The molecule has 50 heavy (non-hydrogen) atoms. The topological polar surface area (TPSA) is 162 Å². The van der Waals surface area contributed by atoms with E-state index in [-0.39, 0.29) is 58.6 Å². The van der Waals surface area contributed by atoms with Gasteiger partial charge in [0.05, 0.1) is 45.3 Å². The first kappa shape index (κ1) is 37.1. The van der Waals surface area contributed by atoms with Crippen LogP contribution in [0.4, 0.5) is 14.5 Å². The van der Waals surface area contributed by atoms with Crippen LogP contribution in [-0.4, -0.2) is 90.7 Å². The average molecular weight is 750 g/mol. The van der Waals surface area contributed by atoms with Crippen molar-refractivity contribution in [2.75, 3.05) is 31.6 Å². The summed E-state index contributed by atoms with van der Waals surface area (Å²) in [6.45, 7) is 0.788. The van der Waals surface area contributed by atoms with Gasteiger partial charge in [-0.05, 0) is 49.2 Å². The maximum atomic E-state index is 14.2. The predicted octanol–water partition coefficient (Wildman–Crippen LogP) is 4.28. The molecule has 0 aliphatic carbocycles. The lowest BCUT2D eigenvalue weighted by molar-refractivity contribution is -0.147. The molecule has 264 valence electrons. The molecule has 0 radical (unpaired) electrons. The highest BCUT2D eigenvalue weighted by Gasteiger charge is 2.50. The molecule has 0 saturated carbocycles. The lowest BCUT2D eigenvalue weighted by Crippen LogP contribution is -2.51. The van der Waals surface area contributed by atoms with Gasteiger partial charge in [0.15, 0.2) is 0 Å². The highest BCUT2D eigenvalue weighted by atomic mass is 35.5. The fourth-order valence-electron chi connectivity index (χ4n) is 5.97. The number of nitriles is 1. The summed E-state index contributed by atoms with van der Waals surface area (Å²) in [5, 5.41) is 14.8. The van der Waals surface area contributed by atoms with E-state index >= 15 is 0 Å². The Morgan fingerprint density at radius 2 is 1.84 bits per heavy atom. The maximum Gasteiger partial charge on any atom is 0.328 e. The van der Waals surface area contributed by atoms with Gasteiger partial charge in [0.25, 0.3) is 11.8 Å². The number of aromatic nitrogens is 1. The molecule has 2 saturated heterocycles. The van der Waals surface area contributed by atoms with E-state index in [4.69, 9.17) is 27.9 Å². The van der Waals surface area contributed by atoms with Gasteiger partial charge in [-0.15, -0.1) is 0 Å². The summed E-state index contributed by atoms with van der Waals surface area (Å²) in [7, 11) is -4.39. The van der Waals surface area contributed by atoms with Crippen LogP contribution in [0.1, 0.15) is 41.3 Å². The number of alkyl halides is 2. The Labute approximate surface area is 297 Å². The van der Waals surface area contributed by atoms with Gasteiger partial charge in [-0.1, -0.05) is 41.4 Å². The number of hydrogen-bond acceptors (Lipinski definition) is 9. The molecule has 2 aliphatic rings. The normalized spacial score (nSPS) is 19.8. The highest BCUT2D eigenvalue weighted by Crippen LogP contribution is 2.35. The van der Waals surface area contributed by atoms with Gasteiger partial charge in [0.1, 0.15) is 12.1 Å². The second-order valence-corrected chi connectivity index (χ2v) is 14.5. The lowest BCUT2D eigenvalue weighted by Gasteiger charge is -2.25. The van der Waals surface area contributed by atoms with E-state index in [0.717, 1.165) is 4.31 Å². The molecular weight excluding hydrogens is 717 g/mol. The van der Waals surface area contributed by atoms with Crippen LogP contribution in [0, 0.1) is 11.3 Å². The second kappa shape index (κ2) is 15.4. The fraction of sp³-hybridized carbons (Fsp3) is 0.364. The highest BCUT2D eigenvalue weighted by molar-refractivity contribution is 7.89. The maximum absolute atomic E-state index is 14.2. The predicted molar refractivity (Wildman–Crippen MR) is 179 cm³/mol. The Hall–Kier alpha value is -4.20. The third-order valence-electron chi connectivity index (χ3n) is 8.44. The van der Waals surface area contributed by atoms with Crippen LogP contribution in [0.15, 0.2) is 65.8 Å². The molecule has 3 atom stereocenters. The van der Waals surface area contributed by atoms with Crippen molar-refractivity contribution >= 4 is 56.7 Å². The van der Waals surface area contributed by atoms with Gasteiger partial charge < -0.3 is 15.4 Å². The lowest BCUT2D eigenvalue weighted by atomic mass is 10.0. The summed E-state index contributed by atoms with van der Waals surface area (Å²) >= 11 is 12.2. The first-order chi connectivity index (χ1) is 23.7. The first-order valence-corrected chi connectivity index (χ1v) is 17.7. The number of sulfonamides is 1. The number of nitrogens with one attached hydrogen (secondary N) is 2. The molecule has 2 aliphatic heterocycles. The summed E-state index contributed by atoms with van der Waals surface area (Å²) in [4.78, 5) is 44.8. The molecule has 0 bridgehead atoms. The van der Waals surface area contributed by atoms with Crippen molar-refractivity contribution in [1.29, 1.82) is 5.26 Å². The number of nitrogens with zero attached hydrogens (tertiary/aromatic N) is 4. The number of hydrogen-bond donors (Lipinski definition) is 2. The Kier molecular flexibility index (Phi) is 11.4. The van der Waals surface area contributed by atoms with E-state index in [2.05, 4.69) is 15.6 Å². The molecule has 17 heteroatoms. The molecular formula is C33H32Cl2F2N6O6S. The van der Waals surface area contributed by atoms with E-state index in [9.17, 15) is 36.8 Å². The van der Waals surface area contributed by atoms with Crippen LogP contribution in [0.3, 0.4) is 0 Å². The van der Waals surface area contributed by atoms with Gasteiger partial charge in [0, 0.05) is 50.1 Å². The Balaban J connectivity index is 1.36. The van der Waals surface area contributed by atoms with Crippen molar-refractivity contribution in [2.24, 2.45) is 0 Å². The van der Waals surface area contributed by atoms with Gasteiger partial charge in [-0.25, -0.2) is 22.0 Å². The van der Waals surface area contributed by atoms with Crippen LogP contribution < -0.4 is 10.6 Å². The standard InChI is InChI=1S/C33H32Cl2F2N6O6S/c1-2-49-32(46)27(13-20-6-8-22(9-7-20)40-31(45)29-25(34)16-39-17-26(29)35)41-30(44)28-14-23(42-11-10-33(36,37)19-42)18-43(28)50(47,48)24-5-3-4-21(12-24)15-38/h3-9,12,16-17,23,27-28H,2,10-11,13-14,18-19H2,1H3,(H,40,45)(H,41,44)/t23?,27-,28-/m0/s1. The Morgan fingerprint density at radius 3 is 2.46 bits per heavy atom. The van der Waals surface area contributed by atoms with Gasteiger partial charge in [-0.2, -0.15) is 9.57 Å². The zero-order valence-corrected chi connectivity index (χ0v) is 28.9. The molecule has 3 aromatic rings. The minimum atomic E-state index is -4.39. The van der Waals surface area contributed by atoms with Crippen molar-refractivity contribution in [1.82, 2.24) is 19.5 Å². The molecule has 2 fully saturated rings. The molecule has 5 rings (SSSR count). The number of carbonyl (C=O) groups excluding carboxylic acids is 3. The number of halogens is 4. The summed E-state index contributed by atoms with van der Waals surface area (Å²) in [5.74, 6) is -5.10. The zero-order chi connectivity index (χ0) is 36.2. The second-order valence-electron chi connectivity index (χ2n) is 11.8. The summed E-state index contributed by atoms with van der Waals surface area (Å²) in [5.41, 5.74) is 1.06. The van der Waals surface area contributed by atoms with Crippen molar-refractivity contribution in [3.8, 4) is 6.07 Å². The Bertz CT molecular complexity index is 1910. The van der Waals surface area contributed by atoms with Crippen LogP contribution in [0.2, 0.25) is 10.0 Å². The third kappa shape index (κ3) is 8.39. The molecule has 2 amide bonds. The van der Waals surface area contributed by atoms with E-state index in [1.807, 2.05) is 6.07 Å². The first-order valence-electron chi connectivity index (χ1n) is 15.5. The number of esters is 1. The number of pyridine rings is 1. The fourth-order valence-corrected chi connectivity index (χ4v) is 8.19. The van der Waals surface area contributed by atoms with Crippen molar-refractivity contribution in [3.63, 3.8) is 0 Å². The van der Waals surface area contributed by atoms with Crippen LogP contribution in [0.25, 0.3) is 0 Å². The monoisotopic (exact) mass is 748 g/mol. The molecule has 3 heterocycles. The summed E-state index contributed by atoms with van der Waals surface area (Å²) in [6, 6.07) is 10.2. The number of ether oxygens (including phenoxy) is 1. The molecule has 2 N–H and O–H groups in total. The minimum absolute atomic E-state index is 0.000704. The summed E-state index contributed by atoms with van der Waals surface area (Å²) < 4.78 is 62.2. The van der Waals surface area contributed by atoms with Gasteiger partial charge >= 0.3 is 5.97 Å². The number of rotatable bonds is 11. The van der Waals surface area contributed by atoms with E-state index < -0.39 is 64.8 Å². The zero-order valence-electron chi connectivity index (χ0n) is 26.6. The van der Waals surface area contributed by atoms with E-state index in [1.54, 1.807) is 31.2 Å². The number of anilines is 1. The quantitative estimate of drug-likeness (QED) is 0.273. The molecule has 0 spiro atoms. The Morgan fingerprint density at radius 1 is 1.14 bits per heavy atom. The van der Waals surface area contributed by atoms with E-state index in [1.165, 1.54) is 41.6 Å². The van der Waals surface area contributed by atoms with Crippen molar-refractivity contribution in [3.05, 3.63) is 87.7 Å². The smallest absolute Gasteiger partial charge is 0.328 e. The van der Waals surface area contributed by atoms with Crippen LogP contribution in [-0.2, 0) is 30.8 Å². The molecule has 12 nitrogen and oxygen atoms in total.